The molecule has 0 atom stereocenters. The van der Waals surface area contributed by atoms with E-state index in [-0.39, 0.29) is 5.41 Å². The van der Waals surface area contributed by atoms with Crippen LogP contribution in [0.4, 0.5) is 0 Å². The summed E-state index contributed by atoms with van der Waals surface area (Å²) in [5, 5.41) is 0. The maximum Gasteiger partial charge on any atom is 0.0184 e. The molecule has 0 aliphatic carbocycles. The zero-order valence-corrected chi connectivity index (χ0v) is 13.5. The molecular formula is C19H24S. The molecule has 2 aromatic rings. The van der Waals surface area contributed by atoms with E-state index in [2.05, 4.69) is 75.4 Å². The molecule has 0 unspecified atom stereocenters. The van der Waals surface area contributed by atoms with E-state index in [9.17, 15) is 0 Å². The lowest BCUT2D eigenvalue weighted by atomic mass is 9.87. The summed E-state index contributed by atoms with van der Waals surface area (Å²) < 4.78 is 0. The molecule has 0 fully saturated rings. The molecule has 0 aromatic heterocycles. The first-order valence-corrected chi connectivity index (χ1v) is 8.42. The number of thioether (sulfide) groups is 1. The van der Waals surface area contributed by atoms with Crippen LogP contribution >= 0.6 is 11.8 Å². The van der Waals surface area contributed by atoms with Crippen molar-refractivity contribution in [2.75, 3.05) is 5.75 Å². The fraction of sp³-hybridized carbons (Fsp3) is 0.368. The lowest BCUT2D eigenvalue weighted by molar-refractivity contribution is 0.590. The van der Waals surface area contributed by atoms with E-state index >= 15 is 0 Å². The number of aryl methyl sites for hydroxylation is 1. The SMILES string of the molecule is CC(C)(C)c1ccc(CSCCc2ccccc2)cc1. The van der Waals surface area contributed by atoms with Gasteiger partial charge in [0.25, 0.3) is 0 Å². The van der Waals surface area contributed by atoms with Gasteiger partial charge in [-0.05, 0) is 34.3 Å². The molecule has 0 N–H and O–H groups in total. The average Bonchev–Trinajstić information content (AvgIpc) is 2.44. The van der Waals surface area contributed by atoms with Crippen LogP contribution in [0.3, 0.4) is 0 Å². The second-order valence-corrected chi connectivity index (χ2v) is 7.34. The van der Waals surface area contributed by atoms with Crippen molar-refractivity contribution in [2.24, 2.45) is 0 Å². The summed E-state index contributed by atoms with van der Waals surface area (Å²) in [4.78, 5) is 0. The van der Waals surface area contributed by atoms with E-state index in [0.717, 1.165) is 12.2 Å². The van der Waals surface area contributed by atoms with E-state index in [1.165, 1.54) is 22.4 Å². The van der Waals surface area contributed by atoms with Crippen molar-refractivity contribution < 1.29 is 0 Å². The summed E-state index contributed by atoms with van der Waals surface area (Å²) in [6.07, 6.45) is 1.16. The van der Waals surface area contributed by atoms with Crippen LogP contribution in [0, 0.1) is 0 Å². The van der Waals surface area contributed by atoms with Gasteiger partial charge in [0.1, 0.15) is 0 Å². The van der Waals surface area contributed by atoms with Gasteiger partial charge in [0.15, 0.2) is 0 Å². The Morgan fingerprint density at radius 1 is 0.800 bits per heavy atom. The standard InChI is InChI=1S/C19H24S/c1-19(2,3)18-11-9-17(10-12-18)15-20-14-13-16-7-5-4-6-8-16/h4-12H,13-15H2,1-3H3. The molecule has 1 heteroatoms. The summed E-state index contributed by atoms with van der Waals surface area (Å²) in [5.74, 6) is 2.29. The molecule has 2 rings (SSSR count). The van der Waals surface area contributed by atoms with Crippen LogP contribution in [0.1, 0.15) is 37.5 Å². The van der Waals surface area contributed by atoms with Gasteiger partial charge in [0.05, 0.1) is 0 Å². The normalized spacial score (nSPS) is 11.6. The van der Waals surface area contributed by atoms with Gasteiger partial charge in [-0.25, -0.2) is 0 Å². The third kappa shape index (κ3) is 4.72. The molecule has 0 nitrogen and oxygen atoms in total. The Bertz CT molecular complexity index is 506. The minimum Gasteiger partial charge on any atom is -0.157 e. The fourth-order valence-electron chi connectivity index (χ4n) is 2.13. The zero-order chi connectivity index (χ0) is 14.4. The molecule has 0 radical (unpaired) electrons. The first kappa shape index (κ1) is 15.2. The third-order valence-electron chi connectivity index (χ3n) is 3.47. The van der Waals surface area contributed by atoms with Crippen LogP contribution in [0.5, 0.6) is 0 Å². The smallest absolute Gasteiger partial charge is 0.0184 e. The number of rotatable bonds is 5. The van der Waals surface area contributed by atoms with Gasteiger partial charge < -0.3 is 0 Å². The quantitative estimate of drug-likeness (QED) is 0.657. The topological polar surface area (TPSA) is 0 Å². The molecule has 106 valence electrons. The third-order valence-corrected chi connectivity index (χ3v) is 4.50. The lowest BCUT2D eigenvalue weighted by Gasteiger charge is -2.19. The minimum absolute atomic E-state index is 0.249. The van der Waals surface area contributed by atoms with Gasteiger partial charge in [-0.1, -0.05) is 75.4 Å². The van der Waals surface area contributed by atoms with Gasteiger partial charge in [0.2, 0.25) is 0 Å². The van der Waals surface area contributed by atoms with E-state index in [4.69, 9.17) is 0 Å². The van der Waals surface area contributed by atoms with Gasteiger partial charge in [-0.3, -0.25) is 0 Å². The summed E-state index contributed by atoms with van der Waals surface area (Å²) in [5.41, 5.74) is 4.52. The highest BCUT2D eigenvalue weighted by Gasteiger charge is 2.12. The molecule has 2 aromatic carbocycles. The molecule has 20 heavy (non-hydrogen) atoms. The highest BCUT2D eigenvalue weighted by atomic mass is 32.2. The van der Waals surface area contributed by atoms with Crippen LogP contribution in [0.25, 0.3) is 0 Å². The van der Waals surface area contributed by atoms with Crippen molar-refractivity contribution in [3.63, 3.8) is 0 Å². The van der Waals surface area contributed by atoms with E-state index in [1.54, 1.807) is 0 Å². The highest BCUT2D eigenvalue weighted by Crippen LogP contribution is 2.23. The van der Waals surface area contributed by atoms with Crippen molar-refractivity contribution in [1.82, 2.24) is 0 Å². The Hall–Kier alpha value is -1.21. The van der Waals surface area contributed by atoms with Gasteiger partial charge in [0, 0.05) is 5.75 Å². The molecule has 0 saturated heterocycles. The molecule has 0 aliphatic heterocycles. The zero-order valence-electron chi connectivity index (χ0n) is 12.7. The predicted molar refractivity (Wildman–Crippen MR) is 91.5 cm³/mol. The summed E-state index contributed by atoms with van der Waals surface area (Å²) in [6, 6.07) is 19.8. The molecule has 0 spiro atoms. The van der Waals surface area contributed by atoms with Crippen molar-refractivity contribution in [3.8, 4) is 0 Å². The fourth-order valence-corrected chi connectivity index (χ4v) is 3.08. The Morgan fingerprint density at radius 3 is 2.05 bits per heavy atom. The minimum atomic E-state index is 0.249. The maximum atomic E-state index is 2.27. The molecule has 0 aliphatic rings. The molecule has 0 heterocycles. The van der Waals surface area contributed by atoms with Crippen LogP contribution in [-0.4, -0.2) is 5.75 Å². The molecule has 0 bridgehead atoms. The second-order valence-electron chi connectivity index (χ2n) is 6.24. The summed E-state index contributed by atoms with van der Waals surface area (Å²) >= 11 is 2.01. The van der Waals surface area contributed by atoms with E-state index in [1.807, 2.05) is 11.8 Å². The first-order valence-electron chi connectivity index (χ1n) is 7.27. The van der Waals surface area contributed by atoms with Crippen LogP contribution in [0.2, 0.25) is 0 Å². The van der Waals surface area contributed by atoms with Crippen LogP contribution in [-0.2, 0) is 17.6 Å². The largest absolute Gasteiger partial charge is 0.157 e. The number of hydrogen-bond acceptors (Lipinski definition) is 1. The number of benzene rings is 2. The van der Waals surface area contributed by atoms with E-state index in [0.29, 0.717) is 0 Å². The van der Waals surface area contributed by atoms with Gasteiger partial charge in [-0.15, -0.1) is 0 Å². The Labute approximate surface area is 127 Å². The van der Waals surface area contributed by atoms with Crippen molar-refractivity contribution in [1.29, 1.82) is 0 Å². The van der Waals surface area contributed by atoms with Crippen molar-refractivity contribution in [3.05, 3.63) is 71.3 Å². The maximum absolute atomic E-state index is 2.27. The summed E-state index contributed by atoms with van der Waals surface area (Å²) in [7, 11) is 0. The van der Waals surface area contributed by atoms with Crippen molar-refractivity contribution in [2.45, 2.75) is 38.4 Å². The second kappa shape index (κ2) is 6.99. The first-order chi connectivity index (χ1) is 9.55. The Morgan fingerprint density at radius 2 is 1.45 bits per heavy atom. The van der Waals surface area contributed by atoms with Gasteiger partial charge >= 0.3 is 0 Å². The van der Waals surface area contributed by atoms with Gasteiger partial charge in [-0.2, -0.15) is 11.8 Å². The molecule has 0 amide bonds. The van der Waals surface area contributed by atoms with E-state index < -0.39 is 0 Å². The summed E-state index contributed by atoms with van der Waals surface area (Å²) in [6.45, 7) is 6.78. The molecular weight excluding hydrogens is 260 g/mol. The monoisotopic (exact) mass is 284 g/mol. The average molecular weight is 284 g/mol. The van der Waals surface area contributed by atoms with Crippen LogP contribution in [0.15, 0.2) is 54.6 Å². The van der Waals surface area contributed by atoms with Crippen molar-refractivity contribution >= 4 is 11.8 Å². The lowest BCUT2D eigenvalue weighted by Crippen LogP contribution is -2.10. The van der Waals surface area contributed by atoms with Crippen LogP contribution < -0.4 is 0 Å². The Kier molecular flexibility index (Phi) is 5.31. The molecule has 0 saturated carbocycles. The predicted octanol–water partition coefficient (Wildman–Crippen LogP) is 5.46. The Balaban J connectivity index is 1.77. The number of hydrogen-bond donors (Lipinski definition) is 0. The highest BCUT2D eigenvalue weighted by molar-refractivity contribution is 7.98.